The predicted octanol–water partition coefficient (Wildman–Crippen LogP) is -1.47. The molecule has 3 aliphatic heterocycles. The number of ether oxygens (including phenoxy) is 2. The lowest BCUT2D eigenvalue weighted by molar-refractivity contribution is -0.145. The summed E-state index contributed by atoms with van der Waals surface area (Å²) in [5.41, 5.74) is 6.59. The van der Waals surface area contributed by atoms with E-state index in [9.17, 15) is 71.7 Å². The van der Waals surface area contributed by atoms with E-state index >= 15 is 4.21 Å². The van der Waals surface area contributed by atoms with Crippen molar-refractivity contribution in [3.05, 3.63) is 48.0 Å². The molecule has 2 aromatic carbocycles. The summed E-state index contributed by atoms with van der Waals surface area (Å²) in [7, 11) is -6.02. The van der Waals surface area contributed by atoms with E-state index < -0.39 is 197 Å². The fourth-order valence-corrected chi connectivity index (χ4v) is 12.7. The molecule has 0 radical (unpaired) electrons. The molecule has 91 heavy (non-hydrogen) atoms. The van der Waals surface area contributed by atoms with Crippen LogP contribution in [0.1, 0.15) is 90.5 Å². The van der Waals surface area contributed by atoms with Gasteiger partial charge in [-0.15, -0.1) is 5.10 Å². The number of hydrogen-bond acceptors (Lipinski definition) is 21. The highest BCUT2D eigenvalue weighted by Gasteiger charge is 2.45. The highest BCUT2D eigenvalue weighted by atomic mass is 32.2. The monoisotopic (exact) mass is 1310 g/mol. The van der Waals surface area contributed by atoms with Crippen LogP contribution in [0.4, 0.5) is 0 Å². The fourth-order valence-electron chi connectivity index (χ4n) is 10.9. The van der Waals surface area contributed by atoms with Gasteiger partial charge in [0.05, 0.1) is 91.6 Å². The van der Waals surface area contributed by atoms with Crippen molar-refractivity contribution in [2.24, 2.45) is 29.4 Å². The second-order valence-corrected chi connectivity index (χ2v) is 26.4. The van der Waals surface area contributed by atoms with Crippen molar-refractivity contribution in [3.63, 3.8) is 0 Å². The number of primary amides is 1. The van der Waals surface area contributed by atoms with E-state index in [1.807, 2.05) is 0 Å². The van der Waals surface area contributed by atoms with Crippen LogP contribution >= 0.6 is 0 Å². The van der Waals surface area contributed by atoms with E-state index in [4.69, 9.17) is 19.6 Å². The maximum Gasteiger partial charge on any atom is 0.335 e. The minimum atomic E-state index is -3.66. The molecule has 3 aliphatic rings. The predicted molar refractivity (Wildman–Crippen MR) is 323 cm³/mol. The molecular weight excluding hydrogens is 1230 g/mol. The first kappa shape index (κ1) is 70.3. The van der Waals surface area contributed by atoms with Gasteiger partial charge in [-0.1, -0.05) is 45.1 Å². The number of benzene rings is 2. The van der Waals surface area contributed by atoms with Gasteiger partial charge in [0.15, 0.2) is 11.6 Å². The summed E-state index contributed by atoms with van der Waals surface area (Å²) in [5.74, 6) is -13.2. The molecule has 1 fully saturated rings. The van der Waals surface area contributed by atoms with Crippen LogP contribution in [0.15, 0.2) is 57.1 Å². The number of unbranched alkanes of at least 4 members (excludes halogenated alkanes) is 3. The molecule has 4 unspecified atom stereocenters. The van der Waals surface area contributed by atoms with Crippen molar-refractivity contribution in [3.8, 4) is 23.0 Å². The second-order valence-electron chi connectivity index (χ2n) is 23.1. The first-order valence-corrected chi connectivity index (χ1v) is 33.2. The number of Topliss-reactive ketones (excluding diaryl/α,β-unsaturated/α-hetero) is 2. The van der Waals surface area contributed by atoms with Crippen molar-refractivity contribution in [1.82, 2.24) is 52.0 Å². The zero-order valence-electron chi connectivity index (χ0n) is 50.9. The summed E-state index contributed by atoms with van der Waals surface area (Å²) < 4.78 is 55.5. The van der Waals surface area contributed by atoms with E-state index in [2.05, 4.69) is 47.1 Å². The lowest BCUT2D eigenvalue weighted by atomic mass is 9.85. The van der Waals surface area contributed by atoms with Crippen molar-refractivity contribution >= 4 is 90.4 Å². The van der Waals surface area contributed by atoms with Crippen molar-refractivity contribution in [2.45, 2.75) is 138 Å². The van der Waals surface area contributed by atoms with Gasteiger partial charge >= 0.3 is 5.22 Å². The zero-order valence-corrected chi connectivity index (χ0v) is 52.5. The minimum absolute atomic E-state index is 0.0232. The average molecular weight is 1310 g/mol. The Morgan fingerprint density at radius 3 is 2.21 bits per heavy atom. The fraction of sp³-hybridized carbons (Fsp3) is 0.559. The van der Waals surface area contributed by atoms with Gasteiger partial charge in [-0.05, 0) is 67.1 Å². The molecule has 11 atom stereocenters. The number of H-pyrrole nitrogens is 1. The van der Waals surface area contributed by atoms with Crippen LogP contribution in [0.25, 0.3) is 22.4 Å². The topological polar surface area (TPSA) is 457 Å². The van der Waals surface area contributed by atoms with Crippen LogP contribution in [0.5, 0.6) is 11.5 Å². The standard InChI is InChI=1S/C59H79N11O19S2/c1-5-31(2)51-55(82)63-26-49(78)64-42-30-90(84)57-40(39-15-14-38(25-41(39)65-57)87-18-9-7-6-8-17-61-48(77)16-19-88-37-12-10-33(11-13-37)56-68-69-59(89-56)91(4,85)86)20-34(53(80)62-27-50(79)66-51)21-45(74)52(32(3)46(75)29-71)67-54(81)43-24-36(72)28-70(43)58(83)35(22-44(42)73)23-47(60)76/h10-15,25,31-32,34-36,42-43,46,51-52,65,71-72,75H,5-9,16-24,26-30H2,1-4H3,(H2,60,76)(H,61,77)(H,62,80)(H,63,82)(H,64,78)(H,66,79)(H,67,81)/t31-,32-,34?,35-,36?,42?,43-,46-,51-,52-,90?/m0/s1. The number of nitrogens with one attached hydrogen (secondary N) is 7. The molecule has 2 aromatic heterocycles. The number of hydrogen-bond donors (Lipinski definition) is 11. The summed E-state index contributed by atoms with van der Waals surface area (Å²) in [5, 5.41) is 54.5. The summed E-state index contributed by atoms with van der Waals surface area (Å²) in [6.45, 7) is 2.69. The van der Waals surface area contributed by atoms with Crippen LogP contribution < -0.4 is 47.1 Å². The maximum absolute atomic E-state index is 15.1. The smallest absolute Gasteiger partial charge is 0.335 e. The molecule has 0 saturated carbocycles. The number of nitrogens with zero attached hydrogens (tertiary/aromatic N) is 3. The van der Waals surface area contributed by atoms with Crippen molar-refractivity contribution < 1.29 is 89.8 Å². The van der Waals surface area contributed by atoms with Gasteiger partial charge in [-0.25, -0.2) is 8.42 Å². The number of amides is 8. The number of fused-ring (bicyclic) bond motifs is 5. The Kier molecular flexibility index (Phi) is 24.9. The van der Waals surface area contributed by atoms with Gasteiger partial charge in [0.1, 0.15) is 28.6 Å². The number of rotatable bonds is 21. The van der Waals surface area contributed by atoms with Gasteiger partial charge in [-0.3, -0.25) is 52.2 Å². The first-order valence-electron chi connectivity index (χ1n) is 30.0. The van der Waals surface area contributed by atoms with E-state index in [-0.39, 0.29) is 48.4 Å². The van der Waals surface area contributed by atoms with Gasteiger partial charge in [0.2, 0.25) is 63.0 Å². The normalized spacial score (nSPS) is 23.7. The summed E-state index contributed by atoms with van der Waals surface area (Å²) >= 11 is 0. The third-order valence-corrected chi connectivity index (χ3v) is 18.4. The van der Waals surface area contributed by atoms with Crippen LogP contribution in [0, 0.1) is 23.7 Å². The second kappa shape index (κ2) is 32.2. The van der Waals surface area contributed by atoms with Gasteiger partial charge in [-0.2, -0.15) is 0 Å². The highest BCUT2D eigenvalue weighted by molar-refractivity contribution is 7.90. The van der Waals surface area contributed by atoms with E-state index in [0.29, 0.717) is 53.8 Å². The number of aliphatic hydroxyl groups is 3. The molecule has 30 nitrogen and oxygen atoms in total. The number of nitrogens with two attached hydrogens (primary N) is 1. The van der Waals surface area contributed by atoms with Crippen molar-refractivity contribution in [2.75, 3.05) is 58.0 Å². The first-order chi connectivity index (χ1) is 43.2. The number of ketones is 2. The Morgan fingerprint density at radius 2 is 1.53 bits per heavy atom. The number of carbonyl (C=O) groups is 10. The summed E-state index contributed by atoms with van der Waals surface area (Å²) in [4.78, 5) is 143. The Bertz CT molecular complexity index is 3470. The summed E-state index contributed by atoms with van der Waals surface area (Å²) in [6, 6.07) is 5.13. The van der Waals surface area contributed by atoms with E-state index in [0.717, 1.165) is 24.0 Å². The molecule has 5 heterocycles. The van der Waals surface area contributed by atoms with Gasteiger partial charge in [0, 0.05) is 73.9 Å². The molecule has 4 aromatic rings. The number of sulfone groups is 1. The number of aromatic nitrogens is 3. The summed E-state index contributed by atoms with van der Waals surface area (Å²) in [6.07, 6.45) is -1.95. The number of carbonyl (C=O) groups excluding carboxylic acids is 10. The lowest BCUT2D eigenvalue weighted by Crippen LogP contribution is -2.56. The molecule has 32 heteroatoms. The third kappa shape index (κ3) is 19.2. The van der Waals surface area contributed by atoms with E-state index in [1.54, 1.807) is 56.3 Å². The Labute approximate surface area is 526 Å². The minimum Gasteiger partial charge on any atom is -0.494 e. The molecule has 0 aliphatic carbocycles. The average Bonchev–Trinajstić information content (AvgIpc) is 1.74. The zero-order chi connectivity index (χ0) is 66.3. The van der Waals surface area contributed by atoms with Crippen LogP contribution in [-0.4, -0.2) is 201 Å². The highest BCUT2D eigenvalue weighted by Crippen LogP contribution is 2.33. The molecule has 7 rings (SSSR count). The van der Waals surface area contributed by atoms with Crippen LogP contribution in [0.3, 0.4) is 0 Å². The van der Waals surface area contributed by atoms with Gasteiger partial charge < -0.3 is 76.7 Å². The molecule has 2 bridgehead atoms. The van der Waals surface area contributed by atoms with Crippen LogP contribution in [-0.2, 0) is 75.0 Å². The van der Waals surface area contributed by atoms with Crippen molar-refractivity contribution in [1.29, 1.82) is 0 Å². The number of aliphatic hydroxyl groups excluding tert-OH is 3. The molecule has 0 spiro atoms. The SMILES string of the molecule is CC[C@H](C)[C@@H]1NC(=O)CNC(=O)C2CC(=O)[C@H]([C@@H](C)[C@@H](O)CO)NC(=O)[C@@H]3CC(O)CN3C(=O)[C@H](CC(N)=O)CC(=O)C(CS(=O)c3[nH]c4cc(OCCCCCCNC(=O)CCOc5ccc(-c6nnc(S(C)(=O)=O)o6)cc5)ccc4c3C2)NC(=O)CNC1=O. The lowest BCUT2D eigenvalue weighted by Gasteiger charge is -2.32. The molecule has 8 amide bonds. The van der Waals surface area contributed by atoms with E-state index in [1.165, 1.54) is 6.92 Å². The quantitative estimate of drug-likeness (QED) is 0.0424. The van der Waals surface area contributed by atoms with Gasteiger partial charge in [0.25, 0.3) is 0 Å². The molecular formula is C59H79N11O19S2. The Hall–Kier alpha value is -8.20. The Morgan fingerprint density at radius 1 is 0.846 bits per heavy atom. The molecule has 12 N–H and O–H groups in total. The molecule has 496 valence electrons. The van der Waals surface area contributed by atoms with Crippen LogP contribution in [0.2, 0.25) is 0 Å². The largest absolute Gasteiger partial charge is 0.494 e. The number of aromatic amines is 1. The Balaban J connectivity index is 1.11. The molecule has 1 saturated heterocycles. The third-order valence-electron chi connectivity index (χ3n) is 16.2. The maximum atomic E-state index is 15.1.